The Morgan fingerprint density at radius 3 is 2.67 bits per heavy atom. The van der Waals surface area contributed by atoms with Gasteiger partial charge >= 0.3 is 6.03 Å². The first-order valence-corrected chi connectivity index (χ1v) is 11.5. The van der Waals surface area contributed by atoms with E-state index >= 15 is 0 Å². The van der Waals surface area contributed by atoms with Gasteiger partial charge in [0.15, 0.2) is 5.13 Å². The number of amides is 4. The summed E-state index contributed by atoms with van der Waals surface area (Å²) in [7, 11) is 0. The lowest BCUT2D eigenvalue weighted by Crippen LogP contribution is -2.42. The number of nitrogens with one attached hydrogen (secondary N) is 2. The van der Waals surface area contributed by atoms with Crippen LogP contribution in [0, 0.1) is 0 Å². The van der Waals surface area contributed by atoms with Gasteiger partial charge in [0, 0.05) is 0 Å². The number of nitrogens with zero attached hydrogens (tertiary/aromatic N) is 2. The van der Waals surface area contributed by atoms with Gasteiger partial charge in [0.05, 0.1) is 10.2 Å². The molecule has 0 saturated carbocycles. The Balaban J connectivity index is 1.33. The van der Waals surface area contributed by atoms with Crippen molar-refractivity contribution in [3.05, 3.63) is 71.8 Å². The molecular weight excluding hydrogens is 436 g/mol. The molecule has 166 valence electrons. The Morgan fingerprint density at radius 1 is 1.09 bits per heavy atom. The van der Waals surface area contributed by atoms with Crippen molar-refractivity contribution in [2.24, 2.45) is 0 Å². The second-order valence-electron chi connectivity index (χ2n) is 8.23. The average molecular weight is 459 g/mol. The highest BCUT2D eigenvalue weighted by molar-refractivity contribution is 7.22. The molecule has 4 aromatic rings. The van der Waals surface area contributed by atoms with Crippen molar-refractivity contribution in [2.75, 3.05) is 11.9 Å². The number of rotatable bonds is 5. The molecule has 0 aliphatic carbocycles. The number of anilines is 1. The van der Waals surface area contributed by atoms with E-state index in [4.69, 9.17) is 0 Å². The van der Waals surface area contributed by atoms with Gasteiger partial charge in [-0.05, 0) is 53.4 Å². The molecule has 8 heteroatoms. The third kappa shape index (κ3) is 3.72. The van der Waals surface area contributed by atoms with Gasteiger partial charge < -0.3 is 10.6 Å². The third-order valence-corrected chi connectivity index (χ3v) is 6.94. The van der Waals surface area contributed by atoms with Crippen LogP contribution in [-0.4, -0.2) is 34.3 Å². The monoisotopic (exact) mass is 458 g/mol. The summed E-state index contributed by atoms with van der Waals surface area (Å²) in [6.45, 7) is 3.35. The summed E-state index contributed by atoms with van der Waals surface area (Å²) in [6.07, 6.45) is 0.914. The third-order valence-electron chi connectivity index (χ3n) is 6.01. The highest BCUT2D eigenvalue weighted by Gasteiger charge is 2.49. The quantitative estimate of drug-likeness (QED) is 0.433. The maximum atomic E-state index is 13.2. The standard InChI is InChI=1S/C25H22N4O3S/c1-3-15-8-11-19-20(12-15)33-23(26-19)27-21(30)14-29-22(31)25(2,28-24(29)32)18-10-9-16-6-4-5-7-17(16)13-18/h4-13H,3,14H2,1-2H3,(H,28,32)(H,26,27,30). The SMILES string of the molecule is CCc1ccc2nc(NC(=O)CN3C(=O)NC(C)(c4ccc5ccccc5c4)C3=O)sc2c1. The number of fused-ring (bicyclic) bond motifs is 2. The fourth-order valence-electron chi connectivity index (χ4n) is 4.08. The van der Waals surface area contributed by atoms with Crippen LogP contribution in [0.5, 0.6) is 0 Å². The zero-order valence-electron chi connectivity index (χ0n) is 18.2. The Kier molecular flexibility index (Phi) is 5.09. The number of hydrogen-bond acceptors (Lipinski definition) is 5. The normalized spacial score (nSPS) is 18.2. The van der Waals surface area contributed by atoms with Crippen LogP contribution in [0.3, 0.4) is 0 Å². The van der Waals surface area contributed by atoms with Crippen LogP contribution in [0.15, 0.2) is 60.7 Å². The number of carbonyl (C=O) groups excluding carboxylic acids is 3. The first-order chi connectivity index (χ1) is 15.9. The van der Waals surface area contributed by atoms with Crippen molar-refractivity contribution in [2.45, 2.75) is 25.8 Å². The molecule has 1 aromatic heterocycles. The highest BCUT2D eigenvalue weighted by atomic mass is 32.1. The Morgan fingerprint density at radius 2 is 1.88 bits per heavy atom. The molecule has 1 atom stereocenters. The van der Waals surface area contributed by atoms with Crippen molar-refractivity contribution < 1.29 is 14.4 Å². The van der Waals surface area contributed by atoms with Gasteiger partial charge in [-0.25, -0.2) is 9.78 Å². The Labute approximate surface area is 194 Å². The summed E-state index contributed by atoms with van der Waals surface area (Å²) >= 11 is 1.37. The first kappa shape index (κ1) is 21.1. The van der Waals surface area contributed by atoms with E-state index in [-0.39, 0.29) is 6.54 Å². The fraction of sp³-hybridized carbons (Fsp3) is 0.200. The summed E-state index contributed by atoms with van der Waals surface area (Å²) in [5.74, 6) is -0.939. The van der Waals surface area contributed by atoms with Gasteiger partial charge in [-0.3, -0.25) is 14.5 Å². The van der Waals surface area contributed by atoms with Crippen LogP contribution in [0.4, 0.5) is 9.93 Å². The maximum Gasteiger partial charge on any atom is 0.325 e. The van der Waals surface area contributed by atoms with E-state index in [0.29, 0.717) is 10.7 Å². The molecule has 7 nitrogen and oxygen atoms in total. The molecule has 5 rings (SSSR count). The van der Waals surface area contributed by atoms with Crippen molar-refractivity contribution in [3.63, 3.8) is 0 Å². The summed E-state index contributed by atoms with van der Waals surface area (Å²) in [4.78, 5) is 43.9. The van der Waals surface area contributed by atoms with E-state index in [9.17, 15) is 14.4 Å². The summed E-state index contributed by atoms with van der Waals surface area (Å²) < 4.78 is 0.975. The lowest BCUT2D eigenvalue weighted by molar-refractivity contribution is -0.133. The van der Waals surface area contributed by atoms with E-state index in [1.807, 2.05) is 54.6 Å². The average Bonchev–Trinajstić information content (AvgIpc) is 3.31. The molecule has 0 radical (unpaired) electrons. The second kappa shape index (κ2) is 7.97. The van der Waals surface area contributed by atoms with Gasteiger partial charge in [-0.1, -0.05) is 60.7 Å². The maximum absolute atomic E-state index is 13.2. The van der Waals surface area contributed by atoms with Gasteiger partial charge in [0.2, 0.25) is 5.91 Å². The number of aromatic nitrogens is 1. The van der Waals surface area contributed by atoms with Crippen molar-refractivity contribution in [1.82, 2.24) is 15.2 Å². The number of hydrogen-bond donors (Lipinski definition) is 2. The van der Waals surface area contributed by atoms with Crippen LogP contribution >= 0.6 is 11.3 Å². The summed E-state index contributed by atoms with van der Waals surface area (Å²) in [6, 6.07) is 18.8. The molecule has 1 fully saturated rings. The van der Waals surface area contributed by atoms with Gasteiger partial charge in [-0.2, -0.15) is 0 Å². The van der Waals surface area contributed by atoms with Gasteiger partial charge in [-0.15, -0.1) is 0 Å². The highest BCUT2D eigenvalue weighted by Crippen LogP contribution is 2.31. The molecule has 0 bridgehead atoms. The lowest BCUT2D eigenvalue weighted by atomic mass is 9.90. The minimum Gasteiger partial charge on any atom is -0.319 e. The predicted octanol–water partition coefficient (Wildman–Crippen LogP) is 4.42. The van der Waals surface area contributed by atoms with E-state index in [1.165, 1.54) is 16.9 Å². The van der Waals surface area contributed by atoms with Crippen LogP contribution in [-0.2, 0) is 21.5 Å². The summed E-state index contributed by atoms with van der Waals surface area (Å²) in [5.41, 5.74) is 1.41. The molecule has 1 unspecified atom stereocenters. The fourth-order valence-corrected chi connectivity index (χ4v) is 5.03. The number of carbonyl (C=O) groups is 3. The smallest absolute Gasteiger partial charge is 0.319 e. The second-order valence-corrected chi connectivity index (χ2v) is 9.26. The van der Waals surface area contributed by atoms with Gasteiger partial charge in [0.25, 0.3) is 5.91 Å². The van der Waals surface area contributed by atoms with E-state index in [1.54, 1.807) is 6.92 Å². The molecule has 0 spiro atoms. The van der Waals surface area contributed by atoms with Crippen LogP contribution < -0.4 is 10.6 Å². The zero-order valence-corrected chi connectivity index (χ0v) is 19.0. The van der Waals surface area contributed by atoms with E-state index in [0.717, 1.165) is 32.3 Å². The summed E-state index contributed by atoms with van der Waals surface area (Å²) in [5, 5.41) is 7.93. The van der Waals surface area contributed by atoms with Crippen LogP contribution in [0.1, 0.15) is 25.0 Å². The number of benzene rings is 3. The van der Waals surface area contributed by atoms with Crippen LogP contribution in [0.2, 0.25) is 0 Å². The van der Waals surface area contributed by atoms with Crippen molar-refractivity contribution in [3.8, 4) is 0 Å². The topological polar surface area (TPSA) is 91.4 Å². The molecule has 1 saturated heterocycles. The van der Waals surface area contributed by atoms with Crippen LogP contribution in [0.25, 0.3) is 21.0 Å². The Hall–Kier alpha value is -3.78. The molecular formula is C25H22N4O3S. The molecule has 2 heterocycles. The van der Waals surface area contributed by atoms with Crippen molar-refractivity contribution >= 4 is 55.3 Å². The largest absolute Gasteiger partial charge is 0.325 e. The molecule has 2 N–H and O–H groups in total. The van der Waals surface area contributed by atoms with Crippen molar-refractivity contribution in [1.29, 1.82) is 0 Å². The van der Waals surface area contributed by atoms with E-state index in [2.05, 4.69) is 28.6 Å². The first-order valence-electron chi connectivity index (χ1n) is 10.7. The molecule has 1 aliphatic rings. The number of imide groups is 1. The number of thiazole rings is 1. The van der Waals surface area contributed by atoms with Gasteiger partial charge in [0.1, 0.15) is 12.1 Å². The lowest BCUT2D eigenvalue weighted by Gasteiger charge is -2.22. The molecule has 3 aromatic carbocycles. The molecule has 1 aliphatic heterocycles. The molecule has 33 heavy (non-hydrogen) atoms. The molecule has 4 amide bonds. The minimum absolute atomic E-state index is 0.385. The van der Waals surface area contributed by atoms with E-state index < -0.39 is 23.4 Å². The number of aryl methyl sites for hydroxylation is 1. The minimum atomic E-state index is -1.24. The Bertz CT molecular complexity index is 1430. The number of urea groups is 1. The predicted molar refractivity (Wildman–Crippen MR) is 129 cm³/mol. The zero-order chi connectivity index (χ0) is 23.2.